The monoisotopic (exact) mass is 404 g/mol. The van der Waals surface area contributed by atoms with Gasteiger partial charge in [-0.25, -0.2) is 4.98 Å². The largest absolute Gasteiger partial charge is 0.383 e. The zero-order valence-corrected chi connectivity index (χ0v) is 16.2. The van der Waals surface area contributed by atoms with Crippen molar-refractivity contribution < 1.29 is 19.5 Å². The number of pyridine rings is 1. The van der Waals surface area contributed by atoms with Crippen molar-refractivity contribution >= 4 is 23.4 Å². The van der Waals surface area contributed by atoms with Gasteiger partial charge in [0.15, 0.2) is 0 Å². The van der Waals surface area contributed by atoms with Gasteiger partial charge in [0.25, 0.3) is 11.5 Å². The molecule has 0 radical (unpaired) electrons. The van der Waals surface area contributed by atoms with Gasteiger partial charge in [-0.2, -0.15) is 0 Å². The van der Waals surface area contributed by atoms with Gasteiger partial charge in [-0.05, 0) is 31.9 Å². The highest BCUT2D eigenvalue weighted by Crippen LogP contribution is 2.08. The molecule has 2 aromatic rings. The lowest BCUT2D eigenvalue weighted by molar-refractivity contribution is -0.127. The van der Waals surface area contributed by atoms with Gasteiger partial charge < -0.3 is 30.6 Å². The SMILES string of the molecule is CCn1cccc(NC(=O)C(CCC(O)C(N)=O)NC(=O)c2cncn2C)c1=O. The molecule has 0 aliphatic carbocycles. The van der Waals surface area contributed by atoms with E-state index >= 15 is 0 Å². The molecule has 2 rings (SSSR count). The predicted octanol–water partition coefficient (Wildman–Crippen LogP) is -1.03. The number of carbonyl (C=O) groups is 3. The Bertz CT molecular complexity index is 950. The molecule has 0 fully saturated rings. The van der Waals surface area contributed by atoms with Crippen molar-refractivity contribution in [2.45, 2.75) is 38.5 Å². The number of imidazole rings is 1. The van der Waals surface area contributed by atoms with E-state index < -0.39 is 35.4 Å². The molecule has 0 aromatic carbocycles. The Morgan fingerprint density at radius 2 is 2.03 bits per heavy atom. The maximum Gasteiger partial charge on any atom is 0.274 e. The zero-order chi connectivity index (χ0) is 21.6. The van der Waals surface area contributed by atoms with Crippen molar-refractivity contribution in [3.8, 4) is 0 Å². The lowest BCUT2D eigenvalue weighted by Gasteiger charge is -2.19. The fraction of sp³-hybridized carbons (Fsp3) is 0.389. The molecule has 0 saturated heterocycles. The second-order valence-corrected chi connectivity index (χ2v) is 6.41. The van der Waals surface area contributed by atoms with Gasteiger partial charge in [0.1, 0.15) is 23.5 Å². The van der Waals surface area contributed by atoms with Crippen LogP contribution in [0.1, 0.15) is 30.3 Å². The maximum atomic E-state index is 12.7. The third kappa shape index (κ3) is 5.51. The Morgan fingerprint density at radius 3 is 2.62 bits per heavy atom. The predicted molar refractivity (Wildman–Crippen MR) is 104 cm³/mol. The highest BCUT2D eigenvalue weighted by Gasteiger charge is 2.25. The van der Waals surface area contributed by atoms with Gasteiger partial charge in [0.05, 0.1) is 12.5 Å². The zero-order valence-electron chi connectivity index (χ0n) is 16.2. The number of amides is 3. The molecule has 2 heterocycles. The molecule has 2 unspecified atom stereocenters. The number of aliphatic hydroxyl groups is 1. The maximum absolute atomic E-state index is 12.7. The molecular weight excluding hydrogens is 380 g/mol. The van der Waals surface area contributed by atoms with Crippen LogP contribution in [-0.4, -0.2) is 49.1 Å². The molecule has 2 aromatic heterocycles. The molecule has 11 heteroatoms. The topological polar surface area (TPSA) is 161 Å². The smallest absolute Gasteiger partial charge is 0.274 e. The molecular formula is C18H24N6O5. The molecule has 0 spiro atoms. The molecule has 11 nitrogen and oxygen atoms in total. The first-order chi connectivity index (χ1) is 13.7. The summed E-state index contributed by atoms with van der Waals surface area (Å²) in [5, 5.41) is 14.7. The lowest BCUT2D eigenvalue weighted by Crippen LogP contribution is -2.46. The van der Waals surface area contributed by atoms with E-state index in [9.17, 15) is 24.3 Å². The lowest BCUT2D eigenvalue weighted by atomic mass is 10.1. The average molecular weight is 404 g/mol. The van der Waals surface area contributed by atoms with E-state index in [2.05, 4.69) is 15.6 Å². The standard InChI is InChI=1S/C18H24N6O5/c1-3-24-8-4-5-12(18(24)29)22-16(27)11(6-7-14(25)15(19)26)21-17(28)13-9-20-10-23(13)2/h4-5,8-11,14,25H,3,6-7H2,1-2H3,(H2,19,26)(H,21,28)(H,22,27). The summed E-state index contributed by atoms with van der Waals surface area (Å²) in [6.07, 6.45) is 2.66. The molecule has 2 atom stereocenters. The number of hydrogen-bond donors (Lipinski definition) is 4. The first kappa shape index (κ1) is 21.8. The molecule has 29 heavy (non-hydrogen) atoms. The number of nitrogens with zero attached hydrogens (tertiary/aromatic N) is 3. The van der Waals surface area contributed by atoms with Crippen molar-refractivity contribution in [3.63, 3.8) is 0 Å². The minimum Gasteiger partial charge on any atom is -0.383 e. The number of carbonyl (C=O) groups excluding carboxylic acids is 3. The molecule has 0 bridgehead atoms. The van der Waals surface area contributed by atoms with Crippen LogP contribution in [0.15, 0.2) is 35.6 Å². The fourth-order valence-electron chi connectivity index (χ4n) is 2.64. The number of aliphatic hydroxyl groups excluding tert-OH is 1. The van der Waals surface area contributed by atoms with E-state index in [4.69, 9.17) is 5.73 Å². The minimum absolute atomic E-state index is 0.0505. The van der Waals surface area contributed by atoms with Crippen molar-refractivity contribution in [2.75, 3.05) is 5.32 Å². The van der Waals surface area contributed by atoms with Crippen molar-refractivity contribution in [1.29, 1.82) is 0 Å². The highest BCUT2D eigenvalue weighted by molar-refractivity contribution is 6.00. The molecule has 0 aliphatic heterocycles. The summed E-state index contributed by atoms with van der Waals surface area (Å²) in [6.45, 7) is 2.21. The summed E-state index contributed by atoms with van der Waals surface area (Å²) >= 11 is 0. The van der Waals surface area contributed by atoms with Gasteiger partial charge in [-0.3, -0.25) is 19.2 Å². The first-order valence-corrected chi connectivity index (χ1v) is 8.99. The third-order valence-corrected chi connectivity index (χ3v) is 4.35. The van der Waals surface area contributed by atoms with Crippen LogP contribution in [0.5, 0.6) is 0 Å². The first-order valence-electron chi connectivity index (χ1n) is 8.99. The van der Waals surface area contributed by atoms with Crippen molar-refractivity contribution in [2.24, 2.45) is 12.8 Å². The molecule has 0 saturated carbocycles. The van der Waals surface area contributed by atoms with Crippen LogP contribution < -0.4 is 21.9 Å². The summed E-state index contributed by atoms with van der Waals surface area (Å²) < 4.78 is 2.88. The average Bonchev–Trinajstić information content (AvgIpc) is 3.12. The van der Waals surface area contributed by atoms with E-state index in [0.717, 1.165) is 0 Å². The summed E-state index contributed by atoms with van der Waals surface area (Å²) in [5.74, 6) is -2.17. The van der Waals surface area contributed by atoms with Gasteiger partial charge in [-0.1, -0.05) is 0 Å². The van der Waals surface area contributed by atoms with E-state index in [1.165, 1.54) is 27.7 Å². The normalized spacial score (nSPS) is 12.8. The van der Waals surface area contributed by atoms with Crippen LogP contribution in [-0.2, 0) is 23.2 Å². The fourth-order valence-corrected chi connectivity index (χ4v) is 2.64. The van der Waals surface area contributed by atoms with Gasteiger partial charge >= 0.3 is 0 Å². The van der Waals surface area contributed by atoms with E-state index in [1.807, 2.05) is 0 Å². The third-order valence-electron chi connectivity index (χ3n) is 4.35. The van der Waals surface area contributed by atoms with Gasteiger partial charge in [0.2, 0.25) is 11.8 Å². The number of aryl methyl sites for hydroxylation is 2. The second kappa shape index (κ2) is 9.64. The highest BCUT2D eigenvalue weighted by atomic mass is 16.3. The van der Waals surface area contributed by atoms with Crippen LogP contribution in [0, 0.1) is 0 Å². The van der Waals surface area contributed by atoms with Crippen molar-refractivity contribution in [1.82, 2.24) is 19.4 Å². The Balaban J connectivity index is 2.20. The Kier molecular flexibility index (Phi) is 7.26. The summed E-state index contributed by atoms with van der Waals surface area (Å²) in [6, 6.07) is 1.94. The molecule has 3 amide bonds. The van der Waals surface area contributed by atoms with Gasteiger partial charge in [-0.15, -0.1) is 0 Å². The molecule has 5 N–H and O–H groups in total. The number of anilines is 1. The van der Waals surface area contributed by atoms with Crippen LogP contribution in [0.2, 0.25) is 0 Å². The number of rotatable bonds is 9. The quantitative estimate of drug-likeness (QED) is 0.418. The van der Waals surface area contributed by atoms with Gasteiger partial charge in [0, 0.05) is 19.8 Å². The second-order valence-electron chi connectivity index (χ2n) is 6.41. The number of primary amides is 1. The summed E-state index contributed by atoms with van der Waals surface area (Å²) in [5.41, 5.74) is 4.91. The van der Waals surface area contributed by atoms with Crippen LogP contribution >= 0.6 is 0 Å². The Labute approximate surface area is 166 Å². The minimum atomic E-state index is -1.46. The number of nitrogens with two attached hydrogens (primary N) is 1. The van der Waals surface area contributed by atoms with Crippen molar-refractivity contribution in [3.05, 3.63) is 46.9 Å². The number of aromatic nitrogens is 3. The van der Waals surface area contributed by atoms with E-state index in [-0.39, 0.29) is 24.2 Å². The number of hydrogen-bond acceptors (Lipinski definition) is 6. The summed E-state index contributed by atoms with van der Waals surface area (Å²) in [7, 11) is 1.62. The van der Waals surface area contributed by atoms with E-state index in [0.29, 0.717) is 6.54 Å². The summed E-state index contributed by atoms with van der Waals surface area (Å²) in [4.78, 5) is 52.4. The van der Waals surface area contributed by atoms with Crippen LogP contribution in [0.3, 0.4) is 0 Å². The number of nitrogens with one attached hydrogen (secondary N) is 2. The van der Waals surface area contributed by atoms with Crippen LogP contribution in [0.25, 0.3) is 0 Å². The Morgan fingerprint density at radius 1 is 1.31 bits per heavy atom. The van der Waals surface area contributed by atoms with E-state index in [1.54, 1.807) is 26.2 Å². The molecule has 156 valence electrons. The Hall–Kier alpha value is -3.47. The molecule has 0 aliphatic rings. The van der Waals surface area contributed by atoms with Crippen LogP contribution in [0.4, 0.5) is 5.69 Å².